The lowest BCUT2D eigenvalue weighted by molar-refractivity contribution is -0.152. The summed E-state index contributed by atoms with van der Waals surface area (Å²) in [5, 5.41) is 17.1. The van der Waals surface area contributed by atoms with E-state index in [9.17, 15) is 14.6 Å². The molecule has 0 aliphatic carbocycles. The highest BCUT2D eigenvalue weighted by Crippen LogP contribution is 2.48. The molecule has 2 aliphatic rings. The maximum Gasteiger partial charge on any atom is 0.459 e. The first kappa shape index (κ1) is 29.0. The Morgan fingerprint density at radius 3 is 2.76 bits per heavy atom. The second-order valence-electron chi connectivity index (χ2n) is 10.4. The number of fused-ring (bicyclic) bond motifs is 1. The van der Waals surface area contributed by atoms with E-state index in [2.05, 4.69) is 26.1 Å². The van der Waals surface area contributed by atoms with E-state index in [-0.39, 0.29) is 18.5 Å². The van der Waals surface area contributed by atoms with E-state index < -0.39 is 31.5 Å². The molecular weight excluding hydrogens is 549 g/mol. The summed E-state index contributed by atoms with van der Waals surface area (Å²) in [7, 11) is -2.16. The molecule has 3 N–H and O–H groups in total. The van der Waals surface area contributed by atoms with Gasteiger partial charge in [0.05, 0.1) is 5.69 Å². The van der Waals surface area contributed by atoms with E-state index in [1.807, 2.05) is 13.1 Å². The Kier molecular flexibility index (Phi) is 8.58. The zero-order chi connectivity index (χ0) is 29.0. The Morgan fingerprint density at radius 1 is 1.27 bits per heavy atom. The molecule has 41 heavy (non-hydrogen) atoms. The lowest BCUT2D eigenvalue weighted by atomic mass is 10.0. The molecule has 3 aromatic rings. The number of anilines is 1. The molecule has 4 heterocycles. The summed E-state index contributed by atoms with van der Waals surface area (Å²) in [5.41, 5.74) is 5.87. The van der Waals surface area contributed by atoms with Crippen LogP contribution in [0.2, 0.25) is 0 Å². The standard InChI is InChI=1S/C27H34N7O6P/c1-19(26(35)38-20-11-14-33(2)15-12-20)32-41(36,40-21-6-4-3-5-7-21)37-17-27(16-28)13-10-24(39-27)22-8-9-23-25(29)30-18-31-34(22)23/h3-9,18-20,24H,10-15,17H2,1-2H3,(H,32,36)(H2,29,30,31)/t19-,24+,27+,41?/m0/s1. The highest BCUT2D eigenvalue weighted by Gasteiger charge is 2.45. The molecule has 0 radical (unpaired) electrons. The number of nitrogens with two attached hydrogens (primary N) is 1. The van der Waals surface area contributed by atoms with E-state index in [0.29, 0.717) is 29.9 Å². The van der Waals surface area contributed by atoms with E-state index in [0.717, 1.165) is 25.9 Å². The van der Waals surface area contributed by atoms with Crippen LogP contribution in [0.5, 0.6) is 5.75 Å². The van der Waals surface area contributed by atoms with Gasteiger partial charge in [0.1, 0.15) is 48.5 Å². The van der Waals surface area contributed by atoms with Gasteiger partial charge in [-0.3, -0.25) is 9.32 Å². The van der Waals surface area contributed by atoms with Gasteiger partial charge in [-0.25, -0.2) is 14.1 Å². The summed E-state index contributed by atoms with van der Waals surface area (Å²) in [6.45, 7) is 2.83. The molecule has 13 nitrogen and oxygen atoms in total. The normalized spacial score (nSPS) is 24.0. The number of carbonyl (C=O) groups is 1. The first-order valence-corrected chi connectivity index (χ1v) is 15.1. The fourth-order valence-electron chi connectivity index (χ4n) is 4.96. The lowest BCUT2D eigenvalue weighted by Gasteiger charge is -2.30. The number of esters is 1. The van der Waals surface area contributed by atoms with Gasteiger partial charge in [-0.2, -0.15) is 15.4 Å². The number of benzene rings is 1. The molecule has 4 atom stereocenters. The fourth-order valence-corrected chi connectivity index (χ4v) is 6.50. The van der Waals surface area contributed by atoms with E-state index in [1.165, 1.54) is 13.3 Å². The van der Waals surface area contributed by atoms with E-state index >= 15 is 0 Å². The van der Waals surface area contributed by atoms with Crippen molar-refractivity contribution in [2.75, 3.05) is 32.5 Å². The molecule has 2 saturated heterocycles. The number of para-hydroxylation sites is 1. The van der Waals surface area contributed by atoms with Crippen LogP contribution in [0.1, 0.15) is 44.4 Å². The van der Waals surface area contributed by atoms with Gasteiger partial charge in [-0.15, -0.1) is 0 Å². The van der Waals surface area contributed by atoms with Gasteiger partial charge < -0.3 is 24.6 Å². The van der Waals surface area contributed by atoms with Gasteiger partial charge >= 0.3 is 13.7 Å². The maximum atomic E-state index is 14.0. The van der Waals surface area contributed by atoms with Crippen molar-refractivity contribution in [1.82, 2.24) is 24.6 Å². The van der Waals surface area contributed by atoms with Gasteiger partial charge in [-0.1, -0.05) is 18.2 Å². The molecule has 0 saturated carbocycles. The summed E-state index contributed by atoms with van der Waals surface area (Å²) in [5.74, 6) is 0.0358. The SMILES string of the molecule is C[C@H](NP(=O)(OC[C@]1(C#N)CC[C@H](c2ccc3c(N)ncnn23)O1)Oc1ccccc1)C(=O)OC1CCN(C)CC1. The maximum absolute atomic E-state index is 14.0. The Morgan fingerprint density at radius 2 is 2.02 bits per heavy atom. The van der Waals surface area contributed by atoms with Gasteiger partial charge in [0.2, 0.25) is 0 Å². The lowest BCUT2D eigenvalue weighted by Crippen LogP contribution is -2.41. The molecule has 0 bridgehead atoms. The molecule has 218 valence electrons. The Labute approximate surface area is 238 Å². The number of carbonyl (C=O) groups excluding carboxylic acids is 1. The Bertz CT molecular complexity index is 1460. The fraction of sp³-hybridized carbons (Fsp3) is 0.481. The number of hydrogen-bond acceptors (Lipinski definition) is 11. The number of aromatic nitrogens is 3. The highest BCUT2D eigenvalue weighted by atomic mass is 31.2. The van der Waals surface area contributed by atoms with Crippen molar-refractivity contribution in [1.29, 1.82) is 5.26 Å². The zero-order valence-corrected chi connectivity index (χ0v) is 23.9. The predicted octanol–water partition coefficient (Wildman–Crippen LogP) is 3.24. The van der Waals surface area contributed by atoms with Crippen LogP contribution in [0.3, 0.4) is 0 Å². The molecule has 0 spiro atoms. The average molecular weight is 584 g/mol. The molecule has 0 amide bonds. The quantitative estimate of drug-likeness (QED) is 0.265. The van der Waals surface area contributed by atoms with Crippen molar-refractivity contribution in [2.45, 2.75) is 56.5 Å². The first-order chi connectivity index (χ1) is 19.7. The number of ether oxygens (including phenoxy) is 2. The minimum absolute atomic E-state index is 0.213. The largest absolute Gasteiger partial charge is 0.461 e. The van der Waals surface area contributed by atoms with Crippen molar-refractivity contribution < 1.29 is 27.9 Å². The number of nitrogens with one attached hydrogen (secondary N) is 1. The molecular formula is C27H34N7O6P. The molecule has 5 rings (SSSR count). The summed E-state index contributed by atoms with van der Waals surface area (Å²) >= 11 is 0. The topological polar surface area (TPSA) is 166 Å². The van der Waals surface area contributed by atoms with Crippen LogP contribution in [0.15, 0.2) is 48.8 Å². The third-order valence-electron chi connectivity index (χ3n) is 7.31. The predicted molar refractivity (Wildman–Crippen MR) is 149 cm³/mol. The average Bonchev–Trinajstić information content (AvgIpc) is 3.59. The van der Waals surface area contributed by atoms with Crippen molar-refractivity contribution in [3.63, 3.8) is 0 Å². The van der Waals surface area contributed by atoms with Crippen LogP contribution in [-0.2, 0) is 23.4 Å². The molecule has 2 fully saturated rings. The van der Waals surface area contributed by atoms with E-state index in [4.69, 9.17) is 24.3 Å². The Balaban J connectivity index is 1.28. The molecule has 2 aromatic heterocycles. The van der Waals surface area contributed by atoms with Gasteiger partial charge in [0, 0.05) is 13.1 Å². The van der Waals surface area contributed by atoms with Crippen LogP contribution in [-0.4, -0.2) is 70.0 Å². The number of nitrogen functional groups attached to an aromatic ring is 1. The summed E-state index contributed by atoms with van der Waals surface area (Å²) < 4.78 is 39.0. The second kappa shape index (κ2) is 12.1. The number of likely N-dealkylation sites (tertiary alicyclic amines) is 1. The van der Waals surface area contributed by atoms with Gasteiger partial charge in [0.25, 0.3) is 0 Å². The molecule has 1 unspecified atom stereocenters. The third kappa shape index (κ3) is 6.69. The molecule has 1 aromatic carbocycles. The Hall–Kier alpha value is -3.53. The van der Waals surface area contributed by atoms with Crippen molar-refractivity contribution in [2.24, 2.45) is 0 Å². The van der Waals surface area contributed by atoms with Gasteiger partial charge in [-0.05, 0) is 63.9 Å². The van der Waals surface area contributed by atoms with Gasteiger partial charge in [0.15, 0.2) is 11.4 Å². The van der Waals surface area contributed by atoms with Crippen molar-refractivity contribution >= 4 is 25.1 Å². The number of rotatable bonds is 10. The number of nitriles is 1. The summed E-state index contributed by atoms with van der Waals surface area (Å²) in [6, 6.07) is 13.3. The zero-order valence-electron chi connectivity index (χ0n) is 23.0. The molecule has 2 aliphatic heterocycles. The van der Waals surface area contributed by atoms with Crippen LogP contribution in [0.4, 0.5) is 5.82 Å². The monoisotopic (exact) mass is 583 g/mol. The summed E-state index contributed by atoms with van der Waals surface area (Å²) in [4.78, 5) is 19.1. The smallest absolute Gasteiger partial charge is 0.459 e. The van der Waals surface area contributed by atoms with Crippen LogP contribution < -0.4 is 15.3 Å². The third-order valence-corrected chi connectivity index (χ3v) is 8.94. The molecule has 14 heteroatoms. The highest BCUT2D eigenvalue weighted by molar-refractivity contribution is 7.52. The van der Waals surface area contributed by atoms with Crippen LogP contribution in [0, 0.1) is 11.3 Å². The number of nitrogens with zero attached hydrogens (tertiary/aromatic N) is 5. The number of hydrogen-bond donors (Lipinski definition) is 2. The van der Waals surface area contributed by atoms with Crippen molar-refractivity contribution in [3.8, 4) is 11.8 Å². The minimum atomic E-state index is -4.18. The second-order valence-corrected chi connectivity index (χ2v) is 12.1. The first-order valence-electron chi connectivity index (χ1n) is 13.5. The van der Waals surface area contributed by atoms with E-state index in [1.54, 1.807) is 40.9 Å². The minimum Gasteiger partial charge on any atom is -0.461 e. The van der Waals surface area contributed by atoms with Crippen LogP contribution >= 0.6 is 7.75 Å². The van der Waals surface area contributed by atoms with Crippen molar-refractivity contribution in [3.05, 3.63) is 54.5 Å². The number of piperidine rings is 1. The van der Waals surface area contributed by atoms with Crippen LogP contribution in [0.25, 0.3) is 5.52 Å². The summed E-state index contributed by atoms with van der Waals surface area (Å²) in [6.07, 6.45) is 2.90.